The summed E-state index contributed by atoms with van der Waals surface area (Å²) in [5, 5.41) is 0. The summed E-state index contributed by atoms with van der Waals surface area (Å²) in [6, 6.07) is 0. The first-order valence-electron chi connectivity index (χ1n) is 32.6. The molecule has 0 aromatic carbocycles. The third kappa shape index (κ3) is 66.7. The third-order valence-electron chi connectivity index (χ3n) is 12.8. The van der Waals surface area contributed by atoms with Crippen molar-refractivity contribution in [3.8, 4) is 0 Å². The first-order valence-corrected chi connectivity index (χ1v) is 32.6. The van der Waals surface area contributed by atoms with Crippen molar-refractivity contribution in [3.63, 3.8) is 0 Å². The fourth-order valence-corrected chi connectivity index (χ4v) is 7.93. The number of rotatable bonds is 56. The minimum absolute atomic E-state index is 0.128. The Hall–Kier alpha value is -6.01. The molecule has 0 spiro atoms. The second-order valence-corrected chi connectivity index (χ2v) is 20.5. The van der Waals surface area contributed by atoms with Crippen molar-refractivity contribution in [2.75, 3.05) is 13.2 Å². The van der Waals surface area contributed by atoms with Gasteiger partial charge in [0.05, 0.1) is 0 Å². The SMILES string of the molecule is CC/C=C\C/C=C\C/C=C\C/C=C\C/C=C\C/C=C\C/C=C\C/C=C\C/C=C\CCCCCC(=O)OCC(COC(=O)CCCCCCC/C=C\CCCC)OC(=O)CCC/C=C\C/C=C\C/C=C\C/C=C\C/C=C\C/C=C\C/C=C\CC. The van der Waals surface area contributed by atoms with E-state index in [1.54, 1.807) is 0 Å². The zero-order valence-corrected chi connectivity index (χ0v) is 52.6. The first kappa shape index (κ1) is 77.0. The maximum Gasteiger partial charge on any atom is 0.306 e. The van der Waals surface area contributed by atoms with Gasteiger partial charge in [-0.25, -0.2) is 0 Å². The van der Waals surface area contributed by atoms with E-state index in [2.05, 4.69) is 227 Å². The van der Waals surface area contributed by atoms with Gasteiger partial charge in [0.2, 0.25) is 0 Å². The molecule has 1 atom stereocenters. The summed E-state index contributed by atoms with van der Waals surface area (Å²) < 4.78 is 16.8. The maximum absolute atomic E-state index is 12.9. The largest absolute Gasteiger partial charge is 0.462 e. The van der Waals surface area contributed by atoms with Crippen molar-refractivity contribution >= 4 is 17.9 Å². The molecule has 0 aliphatic heterocycles. The summed E-state index contributed by atoms with van der Waals surface area (Å²) in [5.41, 5.74) is 0. The molecule has 0 heterocycles. The van der Waals surface area contributed by atoms with E-state index < -0.39 is 6.10 Å². The average molecular weight is 1140 g/mol. The molecular weight excluding hydrogens is 1020 g/mol. The Morgan fingerprint density at radius 2 is 0.482 bits per heavy atom. The van der Waals surface area contributed by atoms with Crippen LogP contribution in [0.15, 0.2) is 207 Å². The average Bonchev–Trinajstić information content (AvgIpc) is 3.48. The van der Waals surface area contributed by atoms with E-state index in [1.807, 2.05) is 0 Å². The maximum atomic E-state index is 12.9. The molecule has 0 amide bonds. The van der Waals surface area contributed by atoms with Crippen LogP contribution < -0.4 is 0 Å². The summed E-state index contributed by atoms with van der Waals surface area (Å²) in [5.74, 6) is -1.04. The highest BCUT2D eigenvalue weighted by Crippen LogP contribution is 2.12. The topological polar surface area (TPSA) is 78.9 Å². The van der Waals surface area contributed by atoms with Gasteiger partial charge in [0.1, 0.15) is 13.2 Å². The minimum atomic E-state index is -0.840. The second kappa shape index (κ2) is 68.5. The standard InChI is InChI=1S/C77H116O6/c1-4-7-10-13-16-19-22-24-26-28-30-32-34-35-36-37-38-39-40-41-43-44-46-48-50-52-55-58-61-64-67-70-76(79)82-73-74(72-81-75(78)69-66-63-60-57-54-21-18-15-12-9-6-3)83-77(80)71-68-65-62-59-56-53-51-49-47-45-42-33-31-29-27-25-23-20-17-14-11-8-5-2/h7-8,10-11,15-20,24-27,30-33,35-36,38-39,41,43,45-48,51-53,55,59,62,74H,4-6,9,12-14,21-23,28-29,34,37,40,42,44,49-50,54,56-58,60-61,63-73H2,1-3H3/b10-7-,11-8-,18-15-,19-16-,20-17-,26-24-,27-25-,32-30-,33-31-,36-35-,39-38-,43-41-,47-45-,48-46-,53-51-,55-52-,62-59-. The van der Waals surface area contributed by atoms with Gasteiger partial charge in [-0.2, -0.15) is 0 Å². The molecule has 0 aromatic heterocycles. The molecule has 0 aromatic rings. The Kier molecular flexibility index (Phi) is 63.5. The molecule has 0 aliphatic rings. The molecular formula is C77H116O6. The molecule has 6 nitrogen and oxygen atoms in total. The fourth-order valence-electron chi connectivity index (χ4n) is 7.93. The highest BCUT2D eigenvalue weighted by molar-refractivity contribution is 5.71. The smallest absolute Gasteiger partial charge is 0.306 e. The van der Waals surface area contributed by atoms with Crippen molar-refractivity contribution in [2.45, 2.75) is 245 Å². The first-order chi connectivity index (χ1) is 41.0. The Morgan fingerprint density at radius 1 is 0.253 bits per heavy atom. The molecule has 1 unspecified atom stereocenters. The van der Waals surface area contributed by atoms with Crippen LogP contribution in [0.25, 0.3) is 0 Å². The molecule has 83 heavy (non-hydrogen) atoms. The van der Waals surface area contributed by atoms with Crippen molar-refractivity contribution in [2.24, 2.45) is 0 Å². The lowest BCUT2D eigenvalue weighted by atomic mass is 10.1. The molecule has 460 valence electrons. The highest BCUT2D eigenvalue weighted by Gasteiger charge is 2.19. The van der Waals surface area contributed by atoms with Gasteiger partial charge in [-0.1, -0.05) is 266 Å². The molecule has 6 heteroatoms. The predicted octanol–water partition coefficient (Wildman–Crippen LogP) is 22.8. The molecule has 0 fully saturated rings. The van der Waals surface area contributed by atoms with Crippen LogP contribution >= 0.6 is 0 Å². The van der Waals surface area contributed by atoms with Crippen molar-refractivity contribution in [1.82, 2.24) is 0 Å². The van der Waals surface area contributed by atoms with Gasteiger partial charge in [-0.15, -0.1) is 0 Å². The zero-order chi connectivity index (χ0) is 59.9. The Balaban J connectivity index is 4.49. The third-order valence-corrected chi connectivity index (χ3v) is 12.8. The normalized spacial score (nSPS) is 13.5. The van der Waals surface area contributed by atoms with Crippen LogP contribution in [0, 0.1) is 0 Å². The summed E-state index contributed by atoms with van der Waals surface area (Å²) in [6.45, 7) is 6.27. The molecule has 0 rings (SSSR count). The van der Waals surface area contributed by atoms with E-state index in [0.29, 0.717) is 19.3 Å². The Bertz CT molecular complexity index is 2030. The van der Waals surface area contributed by atoms with Gasteiger partial charge in [0.15, 0.2) is 6.10 Å². The number of hydrogen-bond acceptors (Lipinski definition) is 6. The van der Waals surface area contributed by atoms with E-state index >= 15 is 0 Å². The van der Waals surface area contributed by atoms with E-state index in [4.69, 9.17) is 14.2 Å². The molecule has 0 bridgehead atoms. The lowest BCUT2D eigenvalue weighted by molar-refractivity contribution is -0.167. The van der Waals surface area contributed by atoms with Crippen LogP contribution in [0.2, 0.25) is 0 Å². The minimum Gasteiger partial charge on any atom is -0.462 e. The number of hydrogen-bond donors (Lipinski definition) is 0. The molecule has 0 N–H and O–H groups in total. The van der Waals surface area contributed by atoms with Crippen LogP contribution in [0.3, 0.4) is 0 Å². The number of carbonyl (C=O) groups excluding carboxylic acids is 3. The number of ether oxygens (including phenoxy) is 3. The highest BCUT2D eigenvalue weighted by atomic mass is 16.6. The lowest BCUT2D eigenvalue weighted by Gasteiger charge is -2.18. The summed E-state index contributed by atoms with van der Waals surface area (Å²) in [6.07, 6.45) is 106. The van der Waals surface area contributed by atoms with Crippen LogP contribution in [0.1, 0.15) is 239 Å². The van der Waals surface area contributed by atoms with Gasteiger partial charge in [-0.3, -0.25) is 14.4 Å². The van der Waals surface area contributed by atoms with Crippen LogP contribution in [-0.2, 0) is 28.6 Å². The van der Waals surface area contributed by atoms with Gasteiger partial charge in [-0.05, 0) is 161 Å². The van der Waals surface area contributed by atoms with Crippen molar-refractivity contribution in [1.29, 1.82) is 0 Å². The molecule has 0 radical (unpaired) electrons. The van der Waals surface area contributed by atoms with Crippen LogP contribution in [0.4, 0.5) is 0 Å². The lowest BCUT2D eigenvalue weighted by Crippen LogP contribution is -2.30. The molecule has 0 saturated carbocycles. The van der Waals surface area contributed by atoms with Crippen LogP contribution in [-0.4, -0.2) is 37.2 Å². The van der Waals surface area contributed by atoms with E-state index in [-0.39, 0.29) is 37.5 Å². The zero-order valence-electron chi connectivity index (χ0n) is 52.6. The second-order valence-electron chi connectivity index (χ2n) is 20.5. The number of esters is 3. The van der Waals surface area contributed by atoms with Gasteiger partial charge >= 0.3 is 17.9 Å². The van der Waals surface area contributed by atoms with Crippen molar-refractivity contribution in [3.05, 3.63) is 207 Å². The van der Waals surface area contributed by atoms with E-state index in [0.717, 1.165) is 173 Å². The Morgan fingerprint density at radius 3 is 0.795 bits per heavy atom. The van der Waals surface area contributed by atoms with Crippen LogP contribution in [0.5, 0.6) is 0 Å². The predicted molar refractivity (Wildman–Crippen MR) is 361 cm³/mol. The van der Waals surface area contributed by atoms with Gasteiger partial charge in [0.25, 0.3) is 0 Å². The van der Waals surface area contributed by atoms with Crippen molar-refractivity contribution < 1.29 is 28.6 Å². The Labute approximate surface area is 509 Å². The summed E-state index contributed by atoms with van der Waals surface area (Å²) in [7, 11) is 0. The monoisotopic (exact) mass is 1140 g/mol. The quantitative estimate of drug-likeness (QED) is 0.0261. The fraction of sp³-hybridized carbons (Fsp3) is 0.519. The number of unbranched alkanes of at least 4 members (excludes halogenated alkanes) is 11. The molecule has 0 aliphatic carbocycles. The summed E-state index contributed by atoms with van der Waals surface area (Å²) in [4.78, 5) is 38.2. The number of allylic oxidation sites excluding steroid dienone is 34. The van der Waals surface area contributed by atoms with Gasteiger partial charge in [0, 0.05) is 19.3 Å². The van der Waals surface area contributed by atoms with Gasteiger partial charge < -0.3 is 14.2 Å². The number of carbonyl (C=O) groups is 3. The van der Waals surface area contributed by atoms with E-state index in [9.17, 15) is 14.4 Å². The summed E-state index contributed by atoms with van der Waals surface area (Å²) >= 11 is 0. The molecule has 0 saturated heterocycles. The van der Waals surface area contributed by atoms with E-state index in [1.165, 1.54) is 19.3 Å².